The fourth-order valence-electron chi connectivity index (χ4n) is 1.91. The molecule has 1 aromatic heterocycles. The summed E-state index contributed by atoms with van der Waals surface area (Å²) in [5.74, 6) is -0.226. The Morgan fingerprint density at radius 1 is 1.32 bits per heavy atom. The summed E-state index contributed by atoms with van der Waals surface area (Å²) in [6.45, 7) is 1.94. The van der Waals surface area contributed by atoms with Gasteiger partial charge in [0.15, 0.2) is 11.6 Å². The van der Waals surface area contributed by atoms with Crippen molar-refractivity contribution in [1.82, 2.24) is 4.98 Å². The van der Waals surface area contributed by atoms with E-state index in [4.69, 9.17) is 4.74 Å². The SMILES string of the molecule is COc1ccc(CC(O)c2cc(C)ccn2)cc1F. The predicted octanol–water partition coefficient (Wildman–Crippen LogP) is 2.81. The molecule has 0 saturated heterocycles. The second kappa shape index (κ2) is 5.80. The first kappa shape index (κ1) is 13.5. The normalized spacial score (nSPS) is 12.2. The highest BCUT2D eigenvalue weighted by Gasteiger charge is 2.12. The van der Waals surface area contributed by atoms with Crippen LogP contribution in [0, 0.1) is 12.7 Å². The van der Waals surface area contributed by atoms with Crippen LogP contribution in [0.1, 0.15) is 22.9 Å². The molecule has 0 aliphatic rings. The van der Waals surface area contributed by atoms with E-state index >= 15 is 0 Å². The largest absolute Gasteiger partial charge is 0.494 e. The Morgan fingerprint density at radius 2 is 2.11 bits per heavy atom. The number of aliphatic hydroxyl groups is 1. The summed E-state index contributed by atoms with van der Waals surface area (Å²) >= 11 is 0. The number of hydrogen-bond donors (Lipinski definition) is 1. The number of ether oxygens (including phenoxy) is 1. The molecule has 1 heterocycles. The number of methoxy groups -OCH3 is 1. The maximum absolute atomic E-state index is 13.5. The van der Waals surface area contributed by atoms with E-state index in [-0.39, 0.29) is 5.75 Å². The van der Waals surface area contributed by atoms with Crippen LogP contribution < -0.4 is 4.74 Å². The van der Waals surface area contributed by atoms with Crippen LogP contribution in [-0.4, -0.2) is 17.2 Å². The number of rotatable bonds is 4. The zero-order chi connectivity index (χ0) is 13.8. The summed E-state index contributed by atoms with van der Waals surface area (Å²) in [5.41, 5.74) is 2.33. The van der Waals surface area contributed by atoms with Crippen LogP contribution in [-0.2, 0) is 6.42 Å². The summed E-state index contributed by atoms with van der Waals surface area (Å²) in [6.07, 6.45) is 1.23. The average molecular weight is 261 g/mol. The molecule has 2 aromatic rings. The van der Waals surface area contributed by atoms with Crippen LogP contribution >= 0.6 is 0 Å². The van der Waals surface area contributed by atoms with Gasteiger partial charge in [-0.3, -0.25) is 4.98 Å². The van der Waals surface area contributed by atoms with Gasteiger partial charge in [-0.05, 0) is 42.3 Å². The van der Waals surface area contributed by atoms with Crippen molar-refractivity contribution in [1.29, 1.82) is 0 Å². The zero-order valence-corrected chi connectivity index (χ0v) is 10.9. The molecular weight excluding hydrogens is 245 g/mol. The van der Waals surface area contributed by atoms with E-state index in [1.165, 1.54) is 13.2 Å². The van der Waals surface area contributed by atoms with Crippen molar-refractivity contribution in [3.05, 3.63) is 59.2 Å². The zero-order valence-electron chi connectivity index (χ0n) is 10.9. The smallest absolute Gasteiger partial charge is 0.165 e. The van der Waals surface area contributed by atoms with Crippen molar-refractivity contribution in [3.8, 4) is 5.75 Å². The van der Waals surface area contributed by atoms with Gasteiger partial charge in [-0.15, -0.1) is 0 Å². The van der Waals surface area contributed by atoms with E-state index in [0.29, 0.717) is 17.7 Å². The maximum atomic E-state index is 13.5. The predicted molar refractivity (Wildman–Crippen MR) is 70.6 cm³/mol. The third-order valence-electron chi connectivity index (χ3n) is 2.92. The second-order valence-corrected chi connectivity index (χ2v) is 4.45. The molecule has 0 aliphatic carbocycles. The van der Waals surface area contributed by atoms with Gasteiger partial charge < -0.3 is 9.84 Å². The second-order valence-electron chi connectivity index (χ2n) is 4.45. The molecule has 2 rings (SSSR count). The molecule has 0 fully saturated rings. The number of halogens is 1. The highest BCUT2D eigenvalue weighted by atomic mass is 19.1. The summed E-state index contributed by atoms with van der Waals surface area (Å²) in [4.78, 5) is 4.12. The van der Waals surface area contributed by atoms with Gasteiger partial charge in [0.25, 0.3) is 0 Å². The highest BCUT2D eigenvalue weighted by Crippen LogP contribution is 2.22. The topological polar surface area (TPSA) is 42.4 Å². The van der Waals surface area contributed by atoms with Gasteiger partial charge in [-0.1, -0.05) is 6.07 Å². The summed E-state index contributed by atoms with van der Waals surface area (Å²) in [7, 11) is 1.42. The van der Waals surface area contributed by atoms with Gasteiger partial charge in [-0.25, -0.2) is 4.39 Å². The lowest BCUT2D eigenvalue weighted by molar-refractivity contribution is 0.173. The number of aryl methyl sites for hydroxylation is 1. The molecule has 1 unspecified atom stereocenters. The summed E-state index contributed by atoms with van der Waals surface area (Å²) < 4.78 is 18.4. The number of hydrogen-bond acceptors (Lipinski definition) is 3. The van der Waals surface area contributed by atoms with Crippen LogP contribution in [0.25, 0.3) is 0 Å². The Kier molecular flexibility index (Phi) is 4.12. The lowest BCUT2D eigenvalue weighted by Crippen LogP contribution is -2.05. The molecule has 1 atom stereocenters. The van der Waals surface area contributed by atoms with E-state index in [0.717, 1.165) is 5.56 Å². The standard InChI is InChI=1S/C15H16FNO2/c1-10-5-6-17-13(7-10)14(18)9-11-3-4-15(19-2)12(16)8-11/h3-8,14,18H,9H2,1-2H3. The van der Waals surface area contributed by atoms with Gasteiger partial charge in [-0.2, -0.15) is 0 Å². The molecule has 1 N–H and O–H groups in total. The van der Waals surface area contributed by atoms with Crippen LogP contribution in [0.4, 0.5) is 4.39 Å². The number of nitrogens with zero attached hydrogens (tertiary/aromatic N) is 1. The van der Waals surface area contributed by atoms with Crippen molar-refractivity contribution in [3.63, 3.8) is 0 Å². The number of pyridine rings is 1. The Balaban J connectivity index is 2.14. The van der Waals surface area contributed by atoms with E-state index < -0.39 is 11.9 Å². The minimum Gasteiger partial charge on any atom is -0.494 e. The van der Waals surface area contributed by atoms with Crippen LogP contribution in [0.15, 0.2) is 36.5 Å². The lowest BCUT2D eigenvalue weighted by atomic mass is 10.0. The van der Waals surface area contributed by atoms with Crippen LogP contribution in [0.2, 0.25) is 0 Å². The number of aromatic nitrogens is 1. The van der Waals surface area contributed by atoms with Gasteiger partial charge in [0, 0.05) is 12.6 Å². The molecular formula is C15H16FNO2. The molecule has 0 saturated carbocycles. The molecule has 100 valence electrons. The first-order chi connectivity index (χ1) is 9.10. The van der Waals surface area contributed by atoms with E-state index in [2.05, 4.69) is 4.98 Å². The van der Waals surface area contributed by atoms with E-state index in [1.807, 2.05) is 19.1 Å². The molecule has 4 heteroatoms. The number of benzene rings is 1. The highest BCUT2D eigenvalue weighted by molar-refractivity contribution is 5.30. The van der Waals surface area contributed by atoms with Crippen LogP contribution in [0.5, 0.6) is 5.75 Å². The fourth-order valence-corrected chi connectivity index (χ4v) is 1.91. The fraction of sp³-hybridized carbons (Fsp3) is 0.267. The van der Waals surface area contributed by atoms with Crippen molar-refractivity contribution in [2.45, 2.75) is 19.4 Å². The van der Waals surface area contributed by atoms with Gasteiger partial charge in [0.1, 0.15) is 0 Å². The minimum absolute atomic E-state index is 0.201. The first-order valence-electron chi connectivity index (χ1n) is 6.03. The Bertz CT molecular complexity index is 572. The third kappa shape index (κ3) is 3.29. The monoisotopic (exact) mass is 261 g/mol. The van der Waals surface area contributed by atoms with Crippen molar-refractivity contribution in [2.75, 3.05) is 7.11 Å². The Labute approximate surface area is 111 Å². The van der Waals surface area contributed by atoms with Gasteiger partial charge in [0.05, 0.1) is 18.9 Å². The maximum Gasteiger partial charge on any atom is 0.165 e. The van der Waals surface area contributed by atoms with Crippen LogP contribution in [0.3, 0.4) is 0 Å². The minimum atomic E-state index is -0.743. The number of aliphatic hydroxyl groups excluding tert-OH is 1. The first-order valence-corrected chi connectivity index (χ1v) is 6.03. The van der Waals surface area contributed by atoms with Gasteiger partial charge >= 0.3 is 0 Å². The molecule has 1 aromatic carbocycles. The molecule has 3 nitrogen and oxygen atoms in total. The van der Waals surface area contributed by atoms with E-state index in [1.54, 1.807) is 18.3 Å². The Morgan fingerprint density at radius 3 is 2.74 bits per heavy atom. The molecule has 0 amide bonds. The molecule has 19 heavy (non-hydrogen) atoms. The lowest BCUT2D eigenvalue weighted by Gasteiger charge is -2.11. The molecule has 0 aliphatic heterocycles. The third-order valence-corrected chi connectivity index (χ3v) is 2.92. The molecule has 0 radical (unpaired) electrons. The van der Waals surface area contributed by atoms with Crippen molar-refractivity contribution < 1.29 is 14.2 Å². The van der Waals surface area contributed by atoms with E-state index in [9.17, 15) is 9.50 Å². The average Bonchev–Trinajstić information content (AvgIpc) is 2.39. The summed E-state index contributed by atoms with van der Waals surface area (Å²) in [5, 5.41) is 10.1. The molecule has 0 spiro atoms. The quantitative estimate of drug-likeness (QED) is 0.920. The Hall–Kier alpha value is -1.94. The molecule has 0 bridgehead atoms. The summed E-state index contributed by atoms with van der Waals surface area (Å²) in [6, 6.07) is 8.35. The van der Waals surface area contributed by atoms with Crippen molar-refractivity contribution in [2.24, 2.45) is 0 Å². The van der Waals surface area contributed by atoms with Crippen molar-refractivity contribution >= 4 is 0 Å². The van der Waals surface area contributed by atoms with Gasteiger partial charge in [0.2, 0.25) is 0 Å².